The molecule has 0 unspecified atom stereocenters. The first kappa shape index (κ1) is 63.4. The largest absolute Gasteiger partial charge is 0.465 e. The molecule has 0 aromatic rings. The highest BCUT2D eigenvalue weighted by atomic mass is 16.6. The van der Waals surface area contributed by atoms with Gasteiger partial charge in [-0.3, -0.25) is 14.4 Å². The Morgan fingerprint density at radius 1 is 0.277 bits per heavy atom. The molecule has 0 aromatic heterocycles. The molecule has 65 heavy (non-hydrogen) atoms. The fraction of sp³-hybridized carbons (Fsp3) is 0.949. The average molecular weight is 920 g/mol. The lowest BCUT2D eigenvalue weighted by molar-refractivity contribution is -0.160. The van der Waals surface area contributed by atoms with Gasteiger partial charge >= 0.3 is 17.9 Å². The standard InChI is InChI=1S/C59H114O6/c1-53(2)44-38-32-26-20-14-8-11-17-23-29-35-41-47-56(60)63-50-59(7,51-64-57(61)48-42-36-30-24-18-12-9-15-21-27-33-39-45-54(3)4)52-65-58(62)49-43-37-31-25-19-13-10-16-22-28-34-40-46-55(5)6/h53-55H,8-52H2,1-7H3. The number of carbonyl (C=O) groups is 3. The fourth-order valence-electron chi connectivity index (χ4n) is 8.87. The highest BCUT2D eigenvalue weighted by Crippen LogP contribution is 2.22. The normalized spacial score (nSPS) is 11.9. The van der Waals surface area contributed by atoms with Gasteiger partial charge < -0.3 is 14.2 Å². The maximum atomic E-state index is 12.8. The Labute approximate surface area is 406 Å². The SMILES string of the molecule is CC(C)CCCCCCCCCCCCCCC(=O)OCC(C)(COC(=O)CCCCCCCCCCCCCCC(C)C)COC(=O)CCCCCCCCCCCCCCC(C)C. The van der Waals surface area contributed by atoms with E-state index in [4.69, 9.17) is 14.2 Å². The van der Waals surface area contributed by atoms with Crippen molar-refractivity contribution in [3.05, 3.63) is 0 Å². The van der Waals surface area contributed by atoms with Crippen molar-refractivity contribution in [1.82, 2.24) is 0 Å². The summed E-state index contributed by atoms with van der Waals surface area (Å²) in [5.74, 6) is 1.82. The van der Waals surface area contributed by atoms with Crippen LogP contribution in [0.4, 0.5) is 0 Å². The van der Waals surface area contributed by atoms with Crippen molar-refractivity contribution >= 4 is 17.9 Å². The Bertz CT molecular complexity index is 910. The highest BCUT2D eigenvalue weighted by molar-refractivity contribution is 5.70. The van der Waals surface area contributed by atoms with Crippen LogP contribution in [0, 0.1) is 23.2 Å². The minimum Gasteiger partial charge on any atom is -0.465 e. The van der Waals surface area contributed by atoms with Gasteiger partial charge in [-0.2, -0.15) is 0 Å². The summed E-state index contributed by atoms with van der Waals surface area (Å²) in [4.78, 5) is 38.4. The van der Waals surface area contributed by atoms with Crippen molar-refractivity contribution in [2.45, 2.75) is 318 Å². The van der Waals surface area contributed by atoms with Gasteiger partial charge in [-0.05, 0) is 43.9 Å². The van der Waals surface area contributed by atoms with Crippen LogP contribution in [0.3, 0.4) is 0 Å². The maximum Gasteiger partial charge on any atom is 0.305 e. The molecule has 0 saturated carbocycles. The lowest BCUT2D eigenvalue weighted by Gasteiger charge is -2.28. The van der Waals surface area contributed by atoms with E-state index in [1.54, 1.807) is 0 Å². The molecular weight excluding hydrogens is 805 g/mol. The van der Waals surface area contributed by atoms with Gasteiger partial charge in [0.1, 0.15) is 19.8 Å². The Balaban J connectivity index is 4.43. The van der Waals surface area contributed by atoms with E-state index in [2.05, 4.69) is 41.5 Å². The van der Waals surface area contributed by atoms with E-state index >= 15 is 0 Å². The molecule has 386 valence electrons. The zero-order chi connectivity index (χ0) is 47.9. The summed E-state index contributed by atoms with van der Waals surface area (Å²) in [6, 6.07) is 0. The van der Waals surface area contributed by atoms with Crippen molar-refractivity contribution in [1.29, 1.82) is 0 Å². The van der Waals surface area contributed by atoms with Gasteiger partial charge in [-0.15, -0.1) is 0 Å². The third-order valence-corrected chi connectivity index (χ3v) is 13.5. The van der Waals surface area contributed by atoms with Crippen LogP contribution in [-0.2, 0) is 28.6 Å². The summed E-state index contributed by atoms with van der Waals surface area (Å²) in [5.41, 5.74) is -0.781. The van der Waals surface area contributed by atoms with Crippen molar-refractivity contribution in [3.63, 3.8) is 0 Å². The van der Waals surface area contributed by atoms with Gasteiger partial charge in [0.25, 0.3) is 0 Å². The summed E-state index contributed by atoms with van der Waals surface area (Å²) < 4.78 is 17.2. The molecule has 0 aliphatic rings. The first-order chi connectivity index (χ1) is 31.4. The van der Waals surface area contributed by atoms with Crippen LogP contribution in [0.1, 0.15) is 318 Å². The summed E-state index contributed by atoms with van der Waals surface area (Å²) >= 11 is 0. The molecule has 0 aliphatic carbocycles. The number of ether oxygens (including phenoxy) is 3. The number of hydrogen-bond acceptors (Lipinski definition) is 6. The topological polar surface area (TPSA) is 78.9 Å². The molecule has 0 heterocycles. The molecule has 0 N–H and O–H groups in total. The van der Waals surface area contributed by atoms with Gasteiger partial charge in [0, 0.05) is 19.3 Å². The quantitative estimate of drug-likeness (QED) is 0.0344. The van der Waals surface area contributed by atoms with E-state index in [1.807, 2.05) is 6.92 Å². The van der Waals surface area contributed by atoms with Crippen LogP contribution in [0.2, 0.25) is 0 Å². The third kappa shape index (κ3) is 50.1. The molecule has 6 nitrogen and oxygen atoms in total. The first-order valence-corrected chi connectivity index (χ1v) is 28.9. The Hall–Kier alpha value is -1.59. The van der Waals surface area contributed by atoms with Crippen molar-refractivity contribution in [3.8, 4) is 0 Å². The zero-order valence-corrected chi connectivity index (χ0v) is 45.0. The van der Waals surface area contributed by atoms with Gasteiger partial charge in [-0.1, -0.05) is 273 Å². The molecule has 6 heteroatoms. The molecular formula is C59H114O6. The Kier molecular flexibility index (Phi) is 46.3. The number of rotatable bonds is 51. The van der Waals surface area contributed by atoms with E-state index in [1.165, 1.54) is 193 Å². The van der Waals surface area contributed by atoms with Gasteiger partial charge in [-0.25, -0.2) is 0 Å². The van der Waals surface area contributed by atoms with Crippen molar-refractivity contribution < 1.29 is 28.6 Å². The lowest BCUT2D eigenvalue weighted by Crippen LogP contribution is -2.37. The van der Waals surface area contributed by atoms with Gasteiger partial charge in [0.2, 0.25) is 0 Å². The van der Waals surface area contributed by atoms with E-state index in [0.717, 1.165) is 75.5 Å². The van der Waals surface area contributed by atoms with Crippen LogP contribution in [0.5, 0.6) is 0 Å². The molecule has 0 aromatic carbocycles. The molecule has 0 rings (SSSR count). The van der Waals surface area contributed by atoms with Crippen molar-refractivity contribution in [2.24, 2.45) is 23.2 Å². The molecule has 0 spiro atoms. The second-order valence-corrected chi connectivity index (χ2v) is 22.3. The average Bonchev–Trinajstić information content (AvgIpc) is 3.27. The van der Waals surface area contributed by atoms with Crippen molar-refractivity contribution in [2.75, 3.05) is 19.8 Å². The second-order valence-electron chi connectivity index (χ2n) is 22.3. The summed E-state index contributed by atoms with van der Waals surface area (Å²) in [7, 11) is 0. The van der Waals surface area contributed by atoms with E-state index in [0.29, 0.717) is 19.3 Å². The molecule has 0 saturated heterocycles. The summed E-state index contributed by atoms with van der Waals surface area (Å²) in [5, 5.41) is 0. The van der Waals surface area contributed by atoms with Crippen LogP contribution < -0.4 is 0 Å². The molecule has 0 bridgehead atoms. The minimum absolute atomic E-state index is 0.0698. The predicted molar refractivity (Wildman–Crippen MR) is 279 cm³/mol. The Morgan fingerprint density at radius 3 is 0.600 bits per heavy atom. The first-order valence-electron chi connectivity index (χ1n) is 28.9. The Morgan fingerprint density at radius 2 is 0.431 bits per heavy atom. The molecule has 0 amide bonds. The number of esters is 3. The highest BCUT2D eigenvalue weighted by Gasteiger charge is 2.31. The van der Waals surface area contributed by atoms with E-state index in [-0.39, 0.29) is 37.7 Å². The van der Waals surface area contributed by atoms with E-state index < -0.39 is 5.41 Å². The van der Waals surface area contributed by atoms with Crippen LogP contribution in [0.25, 0.3) is 0 Å². The minimum atomic E-state index is -0.781. The van der Waals surface area contributed by atoms with Crippen LogP contribution in [0.15, 0.2) is 0 Å². The molecule has 0 radical (unpaired) electrons. The monoisotopic (exact) mass is 919 g/mol. The lowest BCUT2D eigenvalue weighted by atomic mass is 9.94. The molecule has 0 fully saturated rings. The molecule has 0 aliphatic heterocycles. The molecule has 0 atom stereocenters. The summed E-state index contributed by atoms with van der Waals surface area (Å²) in [6.07, 6.45) is 50.6. The van der Waals surface area contributed by atoms with Gasteiger partial charge in [0.05, 0.1) is 5.41 Å². The third-order valence-electron chi connectivity index (χ3n) is 13.5. The van der Waals surface area contributed by atoms with E-state index in [9.17, 15) is 14.4 Å². The number of unbranched alkanes of at least 4 members (excludes halogenated alkanes) is 33. The van der Waals surface area contributed by atoms with Crippen LogP contribution in [-0.4, -0.2) is 37.7 Å². The number of carbonyl (C=O) groups excluding carboxylic acids is 3. The second kappa shape index (κ2) is 47.5. The van der Waals surface area contributed by atoms with Crippen LogP contribution >= 0.6 is 0 Å². The smallest absolute Gasteiger partial charge is 0.305 e. The maximum absolute atomic E-state index is 12.8. The fourth-order valence-corrected chi connectivity index (χ4v) is 8.87. The van der Waals surface area contributed by atoms with Gasteiger partial charge in [0.15, 0.2) is 0 Å². The zero-order valence-electron chi connectivity index (χ0n) is 45.0. The number of hydrogen-bond donors (Lipinski definition) is 0. The predicted octanol–water partition coefficient (Wildman–Crippen LogP) is 19.0. The summed E-state index contributed by atoms with van der Waals surface area (Å²) in [6.45, 7) is 16.0.